The first-order chi connectivity index (χ1) is 6.52. The van der Waals surface area contributed by atoms with E-state index in [4.69, 9.17) is 17.2 Å². The number of anilines is 2. The Morgan fingerprint density at radius 1 is 1.00 bits per heavy atom. The van der Waals surface area contributed by atoms with Crippen LogP contribution in [0.25, 0.3) is 0 Å². The van der Waals surface area contributed by atoms with Gasteiger partial charge in [-0.3, -0.25) is 0 Å². The average molecular weight is 194 g/mol. The number of rotatable bonds is 1. The summed E-state index contributed by atoms with van der Waals surface area (Å²) in [6.07, 6.45) is 0. The molecule has 1 aromatic carbocycles. The van der Waals surface area contributed by atoms with Crippen molar-refractivity contribution in [1.82, 2.24) is 0 Å². The van der Waals surface area contributed by atoms with E-state index in [0.717, 1.165) is 0 Å². The highest BCUT2D eigenvalue weighted by Crippen LogP contribution is 2.15. The van der Waals surface area contributed by atoms with Crippen LogP contribution >= 0.6 is 0 Å². The third kappa shape index (κ3) is 1.92. The smallest absolute Gasteiger partial charge is 0.327 e. The third-order valence-corrected chi connectivity index (χ3v) is 1.59. The Morgan fingerprint density at radius 3 is 1.79 bits per heavy atom. The van der Waals surface area contributed by atoms with Crippen molar-refractivity contribution in [1.29, 1.82) is 0 Å². The van der Waals surface area contributed by atoms with E-state index >= 15 is 0 Å². The molecule has 0 radical (unpaired) electrons. The van der Waals surface area contributed by atoms with Crippen molar-refractivity contribution in [3.05, 3.63) is 24.3 Å². The third-order valence-electron chi connectivity index (χ3n) is 1.59. The summed E-state index contributed by atoms with van der Waals surface area (Å²) in [6.45, 7) is 0. The number of nitrogen functional groups attached to an aromatic ring is 1. The number of imide groups is 1. The minimum atomic E-state index is -0.928. The number of primary amides is 2. The summed E-state index contributed by atoms with van der Waals surface area (Å²) in [5, 5.41) is 0. The second-order valence-corrected chi connectivity index (χ2v) is 2.60. The monoisotopic (exact) mass is 194 g/mol. The van der Waals surface area contributed by atoms with Gasteiger partial charge in [0.15, 0.2) is 0 Å². The maximum atomic E-state index is 10.8. The largest absolute Gasteiger partial charge is 0.399 e. The van der Waals surface area contributed by atoms with Gasteiger partial charge in [0.2, 0.25) is 0 Å². The molecule has 0 unspecified atom stereocenters. The van der Waals surface area contributed by atoms with Gasteiger partial charge in [-0.1, -0.05) is 0 Å². The van der Waals surface area contributed by atoms with Gasteiger partial charge in [-0.15, -0.1) is 0 Å². The molecule has 0 saturated heterocycles. The minimum absolute atomic E-state index is 0.291. The zero-order valence-electron chi connectivity index (χ0n) is 7.31. The second kappa shape index (κ2) is 3.65. The molecule has 0 saturated carbocycles. The SMILES string of the molecule is NC(=O)N(C(N)=O)c1ccc(N)cc1. The van der Waals surface area contributed by atoms with Gasteiger partial charge >= 0.3 is 12.1 Å². The quantitative estimate of drug-likeness (QED) is 0.555. The van der Waals surface area contributed by atoms with Crippen LogP contribution in [0, 0.1) is 0 Å². The van der Waals surface area contributed by atoms with Gasteiger partial charge in [-0.25, -0.2) is 14.5 Å². The summed E-state index contributed by atoms with van der Waals surface area (Å²) < 4.78 is 0. The number of carbonyl (C=O) groups is 2. The van der Waals surface area contributed by atoms with Crippen LogP contribution in [-0.2, 0) is 0 Å². The van der Waals surface area contributed by atoms with Gasteiger partial charge in [0.05, 0.1) is 5.69 Å². The van der Waals surface area contributed by atoms with Gasteiger partial charge in [-0.05, 0) is 24.3 Å². The molecular weight excluding hydrogens is 184 g/mol. The van der Waals surface area contributed by atoms with Crippen LogP contribution in [0.3, 0.4) is 0 Å². The van der Waals surface area contributed by atoms with E-state index in [1.165, 1.54) is 24.3 Å². The summed E-state index contributed by atoms with van der Waals surface area (Å²) in [5.41, 5.74) is 16.2. The number of nitrogens with two attached hydrogens (primary N) is 3. The molecule has 6 N–H and O–H groups in total. The van der Waals surface area contributed by atoms with Crippen molar-refractivity contribution in [3.8, 4) is 0 Å². The molecule has 0 aromatic heterocycles. The lowest BCUT2D eigenvalue weighted by Crippen LogP contribution is -2.44. The molecule has 4 amide bonds. The molecule has 0 aliphatic rings. The maximum absolute atomic E-state index is 10.8. The fraction of sp³-hybridized carbons (Fsp3) is 0. The van der Waals surface area contributed by atoms with Crippen molar-refractivity contribution in [3.63, 3.8) is 0 Å². The fourth-order valence-corrected chi connectivity index (χ4v) is 0.986. The molecule has 0 spiro atoms. The number of hydrogen-bond acceptors (Lipinski definition) is 3. The van der Waals surface area contributed by atoms with Crippen LogP contribution in [0.15, 0.2) is 24.3 Å². The van der Waals surface area contributed by atoms with Crippen LogP contribution < -0.4 is 22.1 Å². The molecule has 0 aliphatic carbocycles. The fourth-order valence-electron chi connectivity index (χ4n) is 0.986. The van der Waals surface area contributed by atoms with Crippen molar-refractivity contribution in [2.24, 2.45) is 11.5 Å². The van der Waals surface area contributed by atoms with Crippen molar-refractivity contribution < 1.29 is 9.59 Å². The Labute approximate surface area is 80.3 Å². The Morgan fingerprint density at radius 2 is 1.43 bits per heavy atom. The number of hydrogen-bond donors (Lipinski definition) is 3. The first-order valence-corrected chi connectivity index (χ1v) is 3.77. The highest BCUT2D eigenvalue weighted by atomic mass is 16.2. The molecule has 0 bridgehead atoms. The number of nitrogens with zero attached hydrogens (tertiary/aromatic N) is 1. The van der Waals surface area contributed by atoms with Gasteiger partial charge < -0.3 is 17.2 Å². The Bertz CT molecular complexity index is 346. The molecule has 0 heterocycles. The molecule has 0 aliphatic heterocycles. The number of urea groups is 2. The highest BCUT2D eigenvalue weighted by molar-refractivity contribution is 6.12. The summed E-state index contributed by atoms with van der Waals surface area (Å²) in [5.74, 6) is 0. The number of amides is 4. The van der Waals surface area contributed by atoms with E-state index in [1.807, 2.05) is 0 Å². The summed E-state index contributed by atoms with van der Waals surface area (Å²) in [6, 6.07) is 4.17. The zero-order chi connectivity index (χ0) is 10.7. The van der Waals surface area contributed by atoms with Crippen LogP contribution in [0.1, 0.15) is 0 Å². The van der Waals surface area contributed by atoms with Gasteiger partial charge in [-0.2, -0.15) is 0 Å². The standard InChI is InChI=1S/C8H10N4O2/c9-5-1-3-6(4-2-5)12(7(10)13)8(11)14/h1-4H,9H2,(H2,10,13)(H2,11,14). The van der Waals surface area contributed by atoms with Gasteiger partial charge in [0.25, 0.3) is 0 Å². The molecule has 6 heteroatoms. The lowest BCUT2D eigenvalue weighted by atomic mass is 10.2. The average Bonchev–Trinajstić information content (AvgIpc) is 2.07. The highest BCUT2D eigenvalue weighted by Gasteiger charge is 2.17. The second-order valence-electron chi connectivity index (χ2n) is 2.60. The van der Waals surface area contributed by atoms with E-state index in [0.29, 0.717) is 16.3 Å². The minimum Gasteiger partial charge on any atom is -0.399 e. The van der Waals surface area contributed by atoms with Crippen LogP contribution in [0.2, 0.25) is 0 Å². The first kappa shape index (κ1) is 9.85. The zero-order valence-corrected chi connectivity index (χ0v) is 7.31. The van der Waals surface area contributed by atoms with E-state index in [9.17, 15) is 9.59 Å². The lowest BCUT2D eigenvalue weighted by Gasteiger charge is -2.15. The van der Waals surface area contributed by atoms with Crippen LogP contribution in [0.5, 0.6) is 0 Å². The molecule has 0 fully saturated rings. The van der Waals surface area contributed by atoms with Crippen molar-refractivity contribution >= 4 is 23.4 Å². The molecule has 1 rings (SSSR count). The topological polar surface area (TPSA) is 115 Å². The summed E-state index contributed by atoms with van der Waals surface area (Å²) in [7, 11) is 0. The van der Waals surface area contributed by atoms with E-state index in [2.05, 4.69) is 0 Å². The summed E-state index contributed by atoms with van der Waals surface area (Å²) in [4.78, 5) is 22.3. The molecule has 74 valence electrons. The van der Waals surface area contributed by atoms with Gasteiger partial charge in [0.1, 0.15) is 0 Å². The van der Waals surface area contributed by atoms with E-state index < -0.39 is 12.1 Å². The maximum Gasteiger partial charge on any atom is 0.327 e. The molecular formula is C8H10N4O2. The van der Waals surface area contributed by atoms with Gasteiger partial charge in [0, 0.05) is 5.69 Å². The van der Waals surface area contributed by atoms with Crippen LogP contribution in [-0.4, -0.2) is 12.1 Å². The van der Waals surface area contributed by atoms with Crippen molar-refractivity contribution in [2.45, 2.75) is 0 Å². The number of benzene rings is 1. The predicted octanol–water partition coefficient (Wildman–Crippen LogP) is 0.233. The Kier molecular flexibility index (Phi) is 2.57. The molecule has 1 aromatic rings. The molecule has 14 heavy (non-hydrogen) atoms. The van der Waals surface area contributed by atoms with E-state index in [-0.39, 0.29) is 0 Å². The Hall–Kier alpha value is -2.24. The van der Waals surface area contributed by atoms with Crippen molar-refractivity contribution in [2.75, 3.05) is 10.6 Å². The Balaban J connectivity index is 3.06. The van der Waals surface area contributed by atoms with Crippen LogP contribution in [0.4, 0.5) is 21.0 Å². The normalized spacial score (nSPS) is 9.43. The molecule has 6 nitrogen and oxygen atoms in total. The predicted molar refractivity (Wildman–Crippen MR) is 52.5 cm³/mol. The molecule has 0 atom stereocenters. The lowest BCUT2D eigenvalue weighted by molar-refractivity contribution is 0.243. The van der Waals surface area contributed by atoms with E-state index in [1.54, 1.807) is 0 Å². The number of carbonyl (C=O) groups excluding carboxylic acids is 2. The first-order valence-electron chi connectivity index (χ1n) is 3.77. The summed E-state index contributed by atoms with van der Waals surface area (Å²) >= 11 is 0.